The van der Waals surface area contributed by atoms with Crippen LogP contribution in [0.15, 0.2) is 52.7 Å². The van der Waals surface area contributed by atoms with Gasteiger partial charge in [0.05, 0.1) is 12.3 Å². The summed E-state index contributed by atoms with van der Waals surface area (Å²) >= 11 is 0. The van der Waals surface area contributed by atoms with E-state index < -0.39 is 0 Å². The fourth-order valence-corrected chi connectivity index (χ4v) is 5.72. The largest absolute Gasteiger partial charge is 0.402 e. The standard InChI is InChI=1S/C30H40N6/c1-5-27-25-18-30(3,4)12-10-24(25)26(19-32-27)28-20-33-29(34-28)22-6-8-23(9-7-22)36-16-14-35(15-17-36)13-11-21(2)31/h6-9,19H,2,5,10-18,20,31H2,1,3-4H3. The van der Waals surface area contributed by atoms with Crippen molar-refractivity contribution < 1.29 is 0 Å². The molecule has 2 aromatic rings. The number of aromatic nitrogens is 1. The number of piperazine rings is 1. The molecule has 3 heterocycles. The van der Waals surface area contributed by atoms with Crippen LogP contribution in [0.2, 0.25) is 0 Å². The Labute approximate surface area is 216 Å². The fourth-order valence-electron chi connectivity index (χ4n) is 5.72. The van der Waals surface area contributed by atoms with Gasteiger partial charge in [-0.2, -0.15) is 0 Å². The molecule has 0 atom stereocenters. The molecule has 1 fully saturated rings. The van der Waals surface area contributed by atoms with Crippen LogP contribution >= 0.6 is 0 Å². The third kappa shape index (κ3) is 5.24. The molecular weight excluding hydrogens is 444 g/mol. The smallest absolute Gasteiger partial charge is 0.155 e. The number of nitrogens with two attached hydrogens (primary N) is 1. The Bertz CT molecular complexity index is 1180. The summed E-state index contributed by atoms with van der Waals surface area (Å²) in [6.45, 7) is 16.6. The highest BCUT2D eigenvalue weighted by atomic mass is 15.3. The summed E-state index contributed by atoms with van der Waals surface area (Å²) in [4.78, 5) is 19.6. The highest BCUT2D eigenvalue weighted by molar-refractivity contribution is 6.17. The van der Waals surface area contributed by atoms with Crippen molar-refractivity contribution in [2.45, 2.75) is 52.9 Å². The van der Waals surface area contributed by atoms with E-state index in [1.54, 1.807) is 0 Å². The Morgan fingerprint density at radius 2 is 1.83 bits per heavy atom. The molecule has 2 N–H and O–H groups in total. The van der Waals surface area contributed by atoms with E-state index >= 15 is 0 Å². The van der Waals surface area contributed by atoms with Gasteiger partial charge < -0.3 is 10.6 Å². The molecule has 1 saturated heterocycles. The van der Waals surface area contributed by atoms with E-state index in [1.165, 1.54) is 34.5 Å². The predicted molar refractivity (Wildman–Crippen MR) is 150 cm³/mol. The topological polar surface area (TPSA) is 70.1 Å². The Hall–Kier alpha value is -2.99. The van der Waals surface area contributed by atoms with Crippen molar-refractivity contribution in [2.75, 3.05) is 44.2 Å². The molecule has 0 unspecified atom stereocenters. The SMILES string of the molecule is C=C(N)CCN1CCN(c2ccc(C3=NCC(c4cnc(CC)c5c4CCC(C)(C)C5)=N3)cc2)CC1. The van der Waals surface area contributed by atoms with Gasteiger partial charge in [-0.05, 0) is 72.9 Å². The quantitative estimate of drug-likeness (QED) is 0.633. The lowest BCUT2D eigenvalue weighted by Gasteiger charge is -2.36. The van der Waals surface area contributed by atoms with Gasteiger partial charge in [0.15, 0.2) is 5.84 Å². The zero-order valence-electron chi connectivity index (χ0n) is 22.2. The van der Waals surface area contributed by atoms with E-state index in [0.717, 1.165) is 81.2 Å². The zero-order valence-corrected chi connectivity index (χ0v) is 22.2. The third-order valence-electron chi connectivity index (χ3n) is 7.97. The molecule has 0 bridgehead atoms. The van der Waals surface area contributed by atoms with E-state index in [4.69, 9.17) is 20.7 Å². The lowest BCUT2D eigenvalue weighted by molar-refractivity contribution is 0.260. The molecule has 6 nitrogen and oxygen atoms in total. The van der Waals surface area contributed by atoms with Crippen molar-refractivity contribution in [2.24, 2.45) is 21.1 Å². The third-order valence-corrected chi connectivity index (χ3v) is 7.97. The number of rotatable bonds is 7. The van der Waals surface area contributed by atoms with Gasteiger partial charge in [0.1, 0.15) is 0 Å². The molecule has 0 saturated carbocycles. The Kier molecular flexibility index (Phi) is 6.98. The van der Waals surface area contributed by atoms with Gasteiger partial charge in [-0.25, -0.2) is 4.99 Å². The highest BCUT2D eigenvalue weighted by Crippen LogP contribution is 2.37. The molecule has 190 valence electrons. The number of fused-ring (bicyclic) bond motifs is 1. The van der Waals surface area contributed by atoms with Gasteiger partial charge >= 0.3 is 0 Å². The lowest BCUT2D eigenvalue weighted by atomic mass is 9.72. The predicted octanol–water partition coefficient (Wildman–Crippen LogP) is 4.39. The monoisotopic (exact) mass is 484 g/mol. The van der Waals surface area contributed by atoms with Crippen molar-refractivity contribution in [1.29, 1.82) is 0 Å². The minimum absolute atomic E-state index is 0.338. The fraction of sp³-hybridized carbons (Fsp3) is 0.500. The molecular formula is C30H40N6. The first kappa shape index (κ1) is 24.7. The van der Waals surface area contributed by atoms with Crippen molar-refractivity contribution in [1.82, 2.24) is 9.88 Å². The number of aliphatic imine (C=N–C) groups is 2. The number of hydrogen-bond acceptors (Lipinski definition) is 6. The van der Waals surface area contributed by atoms with E-state index in [0.29, 0.717) is 12.0 Å². The number of hydrogen-bond donors (Lipinski definition) is 1. The van der Waals surface area contributed by atoms with Crippen LogP contribution in [0.3, 0.4) is 0 Å². The molecule has 36 heavy (non-hydrogen) atoms. The Balaban J connectivity index is 1.28. The van der Waals surface area contributed by atoms with Gasteiger partial charge in [0.25, 0.3) is 0 Å². The first-order valence-corrected chi connectivity index (χ1v) is 13.5. The first-order chi connectivity index (χ1) is 17.3. The second-order valence-corrected chi connectivity index (χ2v) is 11.3. The summed E-state index contributed by atoms with van der Waals surface area (Å²) in [6, 6.07) is 8.76. The Morgan fingerprint density at radius 3 is 2.53 bits per heavy atom. The second kappa shape index (κ2) is 10.2. The molecule has 3 aliphatic rings. The molecule has 5 rings (SSSR count). The minimum Gasteiger partial charge on any atom is -0.402 e. The number of benzene rings is 1. The Morgan fingerprint density at radius 1 is 1.08 bits per heavy atom. The van der Waals surface area contributed by atoms with E-state index in [2.05, 4.69) is 67.6 Å². The second-order valence-electron chi connectivity index (χ2n) is 11.3. The first-order valence-electron chi connectivity index (χ1n) is 13.5. The normalized spacial score (nSPS) is 19.6. The van der Waals surface area contributed by atoms with Crippen LogP contribution in [0.4, 0.5) is 5.69 Å². The number of anilines is 1. The summed E-state index contributed by atoms with van der Waals surface area (Å²) < 4.78 is 0. The number of amidine groups is 1. The van der Waals surface area contributed by atoms with Crippen LogP contribution in [0, 0.1) is 5.41 Å². The zero-order chi connectivity index (χ0) is 25.3. The van der Waals surface area contributed by atoms with E-state index in [9.17, 15) is 0 Å². The summed E-state index contributed by atoms with van der Waals surface area (Å²) in [6.07, 6.45) is 7.32. The highest BCUT2D eigenvalue weighted by Gasteiger charge is 2.30. The average Bonchev–Trinajstić information content (AvgIpc) is 3.37. The molecule has 6 heteroatoms. The maximum absolute atomic E-state index is 5.73. The van der Waals surface area contributed by atoms with Gasteiger partial charge in [-0.15, -0.1) is 0 Å². The maximum Gasteiger partial charge on any atom is 0.155 e. The van der Waals surface area contributed by atoms with E-state index in [1.807, 2.05) is 0 Å². The maximum atomic E-state index is 5.73. The van der Waals surface area contributed by atoms with Gasteiger partial charge in [-0.3, -0.25) is 14.9 Å². The molecule has 1 aromatic heterocycles. The van der Waals surface area contributed by atoms with Crippen molar-refractivity contribution in [3.8, 4) is 0 Å². The number of nitrogens with zero attached hydrogens (tertiary/aromatic N) is 5. The average molecular weight is 485 g/mol. The molecule has 0 spiro atoms. The number of aryl methyl sites for hydroxylation is 1. The van der Waals surface area contributed by atoms with Crippen LogP contribution in [-0.4, -0.2) is 60.7 Å². The van der Waals surface area contributed by atoms with Gasteiger partial charge in [0.2, 0.25) is 0 Å². The summed E-state index contributed by atoms with van der Waals surface area (Å²) in [5.74, 6) is 0.841. The molecule has 0 radical (unpaired) electrons. The van der Waals surface area contributed by atoms with Crippen molar-refractivity contribution in [3.63, 3.8) is 0 Å². The van der Waals surface area contributed by atoms with Crippen LogP contribution in [0.25, 0.3) is 0 Å². The molecule has 2 aliphatic heterocycles. The summed E-state index contributed by atoms with van der Waals surface area (Å²) in [5, 5.41) is 0. The van der Waals surface area contributed by atoms with Crippen LogP contribution in [0.5, 0.6) is 0 Å². The van der Waals surface area contributed by atoms with Crippen LogP contribution in [0.1, 0.15) is 61.6 Å². The van der Waals surface area contributed by atoms with Gasteiger partial charge in [-0.1, -0.05) is 27.4 Å². The van der Waals surface area contributed by atoms with Crippen molar-refractivity contribution in [3.05, 3.63) is 70.7 Å². The number of pyridine rings is 1. The summed E-state index contributed by atoms with van der Waals surface area (Å²) in [7, 11) is 0. The summed E-state index contributed by atoms with van der Waals surface area (Å²) in [5.41, 5.74) is 15.6. The molecule has 1 aromatic carbocycles. The van der Waals surface area contributed by atoms with Crippen LogP contribution in [-0.2, 0) is 19.3 Å². The van der Waals surface area contributed by atoms with Gasteiger partial charge in [0, 0.05) is 67.1 Å². The minimum atomic E-state index is 0.338. The van der Waals surface area contributed by atoms with E-state index in [-0.39, 0.29) is 0 Å². The van der Waals surface area contributed by atoms with Crippen molar-refractivity contribution >= 4 is 17.2 Å². The molecule has 1 aliphatic carbocycles. The van der Waals surface area contributed by atoms with Crippen LogP contribution < -0.4 is 10.6 Å². The molecule has 0 amide bonds. The lowest BCUT2D eigenvalue weighted by Crippen LogP contribution is -2.46.